The number of carbonyl (C=O) groups is 1. The van der Waals surface area contributed by atoms with Crippen molar-refractivity contribution in [1.82, 2.24) is 5.32 Å². The van der Waals surface area contributed by atoms with Crippen LogP contribution in [-0.2, 0) is 4.79 Å². The van der Waals surface area contributed by atoms with Gasteiger partial charge < -0.3 is 10.1 Å². The zero-order valence-corrected chi connectivity index (χ0v) is 5.48. The fourth-order valence-corrected chi connectivity index (χ4v) is 0.551. The fourth-order valence-electron chi connectivity index (χ4n) is 0.551. The third-order valence-corrected chi connectivity index (χ3v) is 1.18. The predicted molar refractivity (Wildman–Crippen MR) is 33.8 cm³/mol. The maximum Gasteiger partial charge on any atom is 0.124 e. The molecule has 1 atom stereocenters. The Labute approximate surface area is 50.3 Å². The van der Waals surface area contributed by atoms with Crippen molar-refractivity contribution >= 4 is 6.29 Å². The van der Waals surface area contributed by atoms with Gasteiger partial charge in [0.15, 0.2) is 0 Å². The van der Waals surface area contributed by atoms with Crippen LogP contribution in [0.15, 0.2) is 0 Å². The average Bonchev–Trinajstić information content (AvgIpc) is 1.83. The smallest absolute Gasteiger partial charge is 0.124 e. The summed E-state index contributed by atoms with van der Waals surface area (Å²) in [7, 11) is 1.85. The lowest BCUT2D eigenvalue weighted by atomic mass is 10.1. The molecule has 0 amide bonds. The molecule has 1 N–H and O–H groups in total. The van der Waals surface area contributed by atoms with Gasteiger partial charge in [-0.05, 0) is 13.5 Å². The summed E-state index contributed by atoms with van der Waals surface area (Å²) >= 11 is 0. The minimum Gasteiger partial charge on any atom is -0.319 e. The number of nitrogens with one attached hydrogen (secondary N) is 1. The van der Waals surface area contributed by atoms with E-state index in [1.165, 1.54) is 0 Å². The van der Waals surface area contributed by atoms with Crippen molar-refractivity contribution in [2.75, 3.05) is 13.6 Å². The van der Waals surface area contributed by atoms with Crippen LogP contribution in [0.4, 0.5) is 0 Å². The van der Waals surface area contributed by atoms with E-state index in [0.717, 1.165) is 19.3 Å². The summed E-state index contributed by atoms with van der Waals surface area (Å²) in [5, 5.41) is 2.94. The zero-order valence-electron chi connectivity index (χ0n) is 5.48. The summed E-state index contributed by atoms with van der Waals surface area (Å²) in [5.41, 5.74) is 0. The first-order valence-electron chi connectivity index (χ1n) is 2.95. The number of aldehydes is 1. The number of rotatable bonds is 4. The molecule has 48 valence electrons. The number of carbonyl (C=O) groups excluding carboxylic acids is 1. The summed E-state index contributed by atoms with van der Waals surface area (Å²) in [6.45, 7) is 2.82. The second kappa shape index (κ2) is 4.78. The van der Waals surface area contributed by atoms with Crippen LogP contribution in [0, 0.1) is 5.92 Å². The molecular formula is C6H13NO. The monoisotopic (exact) mass is 115 g/mol. The van der Waals surface area contributed by atoms with Crippen molar-refractivity contribution < 1.29 is 4.79 Å². The molecule has 0 aliphatic rings. The predicted octanol–water partition coefficient (Wildman–Crippen LogP) is 0.431. The van der Waals surface area contributed by atoms with Gasteiger partial charge in [-0.25, -0.2) is 0 Å². The molecule has 0 aromatic heterocycles. The highest BCUT2D eigenvalue weighted by Crippen LogP contribution is 1.93. The molecule has 0 saturated heterocycles. The summed E-state index contributed by atoms with van der Waals surface area (Å²) in [4.78, 5) is 10.1. The molecule has 0 aromatic rings. The lowest BCUT2D eigenvalue weighted by Gasteiger charge is -2.02. The van der Waals surface area contributed by atoms with Crippen LogP contribution in [0.5, 0.6) is 0 Å². The van der Waals surface area contributed by atoms with E-state index < -0.39 is 0 Å². The number of hydrogen-bond acceptors (Lipinski definition) is 2. The maximum absolute atomic E-state index is 10.1. The summed E-state index contributed by atoms with van der Waals surface area (Å²) < 4.78 is 0. The van der Waals surface area contributed by atoms with Gasteiger partial charge in [-0.15, -0.1) is 0 Å². The first-order chi connectivity index (χ1) is 3.85. The largest absolute Gasteiger partial charge is 0.319 e. The molecule has 2 heteroatoms. The number of hydrogen-bond donors (Lipinski definition) is 1. The summed E-state index contributed by atoms with van der Waals surface area (Å²) in [6, 6.07) is 0. The van der Waals surface area contributed by atoms with Crippen molar-refractivity contribution in [3.05, 3.63) is 0 Å². The van der Waals surface area contributed by atoms with Crippen molar-refractivity contribution in [2.24, 2.45) is 5.92 Å². The summed E-state index contributed by atoms with van der Waals surface area (Å²) in [5.74, 6) is 0.208. The Morgan fingerprint density at radius 3 is 2.50 bits per heavy atom. The highest BCUT2D eigenvalue weighted by molar-refractivity contribution is 5.53. The normalized spacial score (nSPS) is 13.2. The highest BCUT2D eigenvalue weighted by atomic mass is 16.1. The molecule has 0 aliphatic heterocycles. The molecule has 0 spiro atoms. The van der Waals surface area contributed by atoms with Crippen LogP contribution in [0.25, 0.3) is 0 Å². The highest BCUT2D eigenvalue weighted by Gasteiger charge is 1.99. The van der Waals surface area contributed by atoms with Crippen molar-refractivity contribution in [3.8, 4) is 0 Å². The van der Waals surface area contributed by atoms with E-state index >= 15 is 0 Å². The second-order valence-electron chi connectivity index (χ2n) is 1.86. The Balaban J connectivity index is 3.21. The molecule has 8 heavy (non-hydrogen) atoms. The molecule has 2 nitrogen and oxygen atoms in total. The Morgan fingerprint density at radius 2 is 2.38 bits per heavy atom. The van der Waals surface area contributed by atoms with Gasteiger partial charge in [0, 0.05) is 12.5 Å². The van der Waals surface area contributed by atoms with Gasteiger partial charge in [0.05, 0.1) is 0 Å². The van der Waals surface area contributed by atoms with Gasteiger partial charge in [-0.3, -0.25) is 0 Å². The van der Waals surface area contributed by atoms with E-state index in [0.29, 0.717) is 0 Å². The van der Waals surface area contributed by atoms with Crippen LogP contribution >= 0.6 is 0 Å². The van der Waals surface area contributed by atoms with Crippen LogP contribution in [0.1, 0.15) is 13.3 Å². The van der Waals surface area contributed by atoms with Gasteiger partial charge in [-0.1, -0.05) is 6.92 Å². The van der Waals surface area contributed by atoms with E-state index in [-0.39, 0.29) is 5.92 Å². The Bertz CT molecular complexity index is 63.5. The molecule has 0 fully saturated rings. The van der Waals surface area contributed by atoms with E-state index in [4.69, 9.17) is 0 Å². The van der Waals surface area contributed by atoms with E-state index in [2.05, 4.69) is 5.32 Å². The SMILES string of the molecule is CCC(C=O)CNC. The fraction of sp³-hybridized carbons (Fsp3) is 0.833. The molecule has 0 radical (unpaired) electrons. The first kappa shape index (κ1) is 7.63. The molecule has 0 saturated carbocycles. The third-order valence-electron chi connectivity index (χ3n) is 1.18. The topological polar surface area (TPSA) is 29.1 Å². The Hall–Kier alpha value is -0.370. The van der Waals surface area contributed by atoms with Crippen molar-refractivity contribution in [3.63, 3.8) is 0 Å². The maximum atomic E-state index is 10.1. The molecule has 1 unspecified atom stereocenters. The lowest BCUT2D eigenvalue weighted by Crippen LogP contribution is -2.18. The Morgan fingerprint density at radius 1 is 1.75 bits per heavy atom. The minimum absolute atomic E-state index is 0.208. The van der Waals surface area contributed by atoms with Gasteiger partial charge >= 0.3 is 0 Å². The quantitative estimate of drug-likeness (QED) is 0.538. The first-order valence-corrected chi connectivity index (χ1v) is 2.95. The average molecular weight is 115 g/mol. The Kier molecular flexibility index (Phi) is 4.56. The third kappa shape index (κ3) is 2.75. The van der Waals surface area contributed by atoms with Gasteiger partial charge in [0.2, 0.25) is 0 Å². The molecule has 0 bridgehead atoms. The van der Waals surface area contributed by atoms with Gasteiger partial charge in [0.1, 0.15) is 6.29 Å². The second-order valence-corrected chi connectivity index (χ2v) is 1.86. The molecule has 0 aliphatic carbocycles. The van der Waals surface area contributed by atoms with Crippen LogP contribution < -0.4 is 5.32 Å². The van der Waals surface area contributed by atoms with Crippen LogP contribution in [0.2, 0.25) is 0 Å². The lowest BCUT2D eigenvalue weighted by molar-refractivity contribution is -0.111. The van der Waals surface area contributed by atoms with Crippen molar-refractivity contribution in [1.29, 1.82) is 0 Å². The van der Waals surface area contributed by atoms with Crippen LogP contribution in [0.3, 0.4) is 0 Å². The summed E-state index contributed by atoms with van der Waals surface area (Å²) in [6.07, 6.45) is 1.93. The van der Waals surface area contributed by atoms with E-state index in [9.17, 15) is 4.79 Å². The molecule has 0 heterocycles. The standard InChI is InChI=1S/C6H13NO/c1-3-6(5-8)4-7-2/h5-7H,3-4H2,1-2H3. The molecular weight excluding hydrogens is 102 g/mol. The van der Waals surface area contributed by atoms with Gasteiger partial charge in [-0.2, -0.15) is 0 Å². The zero-order chi connectivity index (χ0) is 6.41. The minimum atomic E-state index is 0.208. The molecule has 0 rings (SSSR count). The van der Waals surface area contributed by atoms with Crippen LogP contribution in [-0.4, -0.2) is 19.9 Å². The van der Waals surface area contributed by atoms with E-state index in [1.807, 2.05) is 14.0 Å². The van der Waals surface area contributed by atoms with E-state index in [1.54, 1.807) is 0 Å². The van der Waals surface area contributed by atoms with Crippen molar-refractivity contribution in [2.45, 2.75) is 13.3 Å². The van der Waals surface area contributed by atoms with Gasteiger partial charge in [0.25, 0.3) is 0 Å². The molecule has 0 aromatic carbocycles.